The van der Waals surface area contributed by atoms with Gasteiger partial charge in [0.25, 0.3) is 0 Å². The first-order valence-electron chi connectivity index (χ1n) is 7.07. The molecule has 0 radical (unpaired) electrons. The number of hydrogen-bond donors (Lipinski definition) is 1. The molecule has 1 aliphatic heterocycles. The van der Waals surface area contributed by atoms with Crippen LogP contribution in [0.4, 0.5) is 10.5 Å². The molecule has 4 nitrogen and oxygen atoms in total. The second-order valence-corrected chi connectivity index (χ2v) is 5.38. The van der Waals surface area contributed by atoms with E-state index >= 15 is 0 Å². The molecule has 1 heterocycles. The van der Waals surface area contributed by atoms with Gasteiger partial charge in [-0.1, -0.05) is 42.5 Å². The molecule has 2 aromatic rings. The number of hydrogen-bond acceptors (Lipinski definition) is 2. The first-order valence-corrected chi connectivity index (χ1v) is 7.07. The van der Waals surface area contributed by atoms with E-state index in [1.807, 2.05) is 48.3 Å². The van der Waals surface area contributed by atoms with Crippen molar-refractivity contribution in [2.45, 2.75) is 19.6 Å². The molecule has 1 aliphatic rings. The minimum atomic E-state index is 0.0341. The van der Waals surface area contributed by atoms with Crippen LogP contribution in [0, 0.1) is 0 Å². The van der Waals surface area contributed by atoms with Crippen LogP contribution in [0.25, 0.3) is 0 Å². The maximum Gasteiger partial charge on any atom is 0.324 e. The molecule has 2 N–H and O–H groups in total. The number of anilines is 1. The van der Waals surface area contributed by atoms with Crippen LogP contribution in [-0.2, 0) is 19.6 Å². The number of rotatable bonds is 3. The number of amides is 2. The van der Waals surface area contributed by atoms with Gasteiger partial charge in [0, 0.05) is 20.1 Å². The Hall–Kier alpha value is -2.33. The van der Waals surface area contributed by atoms with Gasteiger partial charge in [0.05, 0.1) is 12.2 Å². The second-order valence-electron chi connectivity index (χ2n) is 5.38. The largest absolute Gasteiger partial charge is 0.326 e. The third-order valence-electron chi connectivity index (χ3n) is 3.82. The summed E-state index contributed by atoms with van der Waals surface area (Å²) in [6, 6.07) is 16.2. The van der Waals surface area contributed by atoms with E-state index in [9.17, 15) is 4.79 Å². The number of nitrogens with zero attached hydrogens (tertiary/aromatic N) is 2. The Bertz CT molecular complexity index is 669. The van der Waals surface area contributed by atoms with Gasteiger partial charge >= 0.3 is 6.03 Å². The monoisotopic (exact) mass is 281 g/mol. The molecule has 0 bridgehead atoms. The average molecular weight is 281 g/mol. The van der Waals surface area contributed by atoms with E-state index in [2.05, 4.69) is 12.1 Å². The molecule has 4 heteroatoms. The van der Waals surface area contributed by atoms with Crippen LogP contribution < -0.4 is 10.6 Å². The summed E-state index contributed by atoms with van der Waals surface area (Å²) < 4.78 is 0. The third kappa shape index (κ3) is 2.62. The molecule has 2 aromatic carbocycles. The van der Waals surface area contributed by atoms with E-state index in [-0.39, 0.29) is 6.03 Å². The molecule has 0 unspecified atom stereocenters. The van der Waals surface area contributed by atoms with Gasteiger partial charge in [0.2, 0.25) is 0 Å². The maximum absolute atomic E-state index is 12.5. The molecule has 108 valence electrons. The summed E-state index contributed by atoms with van der Waals surface area (Å²) in [6.45, 7) is 1.74. The van der Waals surface area contributed by atoms with Crippen LogP contribution in [0.3, 0.4) is 0 Å². The molecule has 2 amide bonds. The van der Waals surface area contributed by atoms with Crippen molar-refractivity contribution in [2.75, 3.05) is 11.9 Å². The minimum Gasteiger partial charge on any atom is -0.326 e. The Morgan fingerprint density at radius 2 is 1.86 bits per heavy atom. The van der Waals surface area contributed by atoms with Crippen molar-refractivity contribution in [2.24, 2.45) is 5.73 Å². The van der Waals surface area contributed by atoms with Gasteiger partial charge in [0.15, 0.2) is 0 Å². The number of benzene rings is 2. The van der Waals surface area contributed by atoms with Crippen molar-refractivity contribution >= 4 is 11.7 Å². The van der Waals surface area contributed by atoms with Crippen LogP contribution in [0.15, 0.2) is 48.5 Å². The predicted octanol–water partition coefficient (Wildman–Crippen LogP) is 2.72. The quantitative estimate of drug-likeness (QED) is 0.940. The number of carbonyl (C=O) groups excluding carboxylic acids is 1. The van der Waals surface area contributed by atoms with Gasteiger partial charge in [-0.15, -0.1) is 0 Å². The summed E-state index contributed by atoms with van der Waals surface area (Å²) in [6.07, 6.45) is 0. The maximum atomic E-state index is 12.5. The third-order valence-corrected chi connectivity index (χ3v) is 3.82. The second kappa shape index (κ2) is 5.58. The fourth-order valence-electron chi connectivity index (χ4n) is 2.73. The summed E-state index contributed by atoms with van der Waals surface area (Å²) in [5.74, 6) is 0. The summed E-state index contributed by atoms with van der Waals surface area (Å²) >= 11 is 0. The van der Waals surface area contributed by atoms with Crippen LogP contribution >= 0.6 is 0 Å². The molecule has 0 spiro atoms. The number of carbonyl (C=O) groups is 1. The SMILES string of the molecule is CN1Cc2ccccc2N(Cc2cccc(CN)c2)C1=O. The normalized spacial score (nSPS) is 14.3. The summed E-state index contributed by atoms with van der Waals surface area (Å²) in [7, 11) is 1.83. The average Bonchev–Trinajstić information content (AvgIpc) is 2.52. The number of fused-ring (bicyclic) bond motifs is 1. The van der Waals surface area contributed by atoms with Gasteiger partial charge < -0.3 is 10.6 Å². The lowest BCUT2D eigenvalue weighted by Crippen LogP contribution is -2.44. The predicted molar refractivity (Wildman–Crippen MR) is 83.8 cm³/mol. The lowest BCUT2D eigenvalue weighted by Gasteiger charge is -2.35. The number of nitrogens with two attached hydrogens (primary N) is 1. The zero-order valence-corrected chi connectivity index (χ0v) is 12.1. The molecule has 21 heavy (non-hydrogen) atoms. The van der Waals surface area contributed by atoms with E-state index in [0.29, 0.717) is 19.6 Å². The molecule has 0 aromatic heterocycles. The molecule has 0 saturated heterocycles. The first kappa shape index (κ1) is 13.6. The standard InChI is InChI=1S/C17H19N3O/c1-19-12-15-7-2-3-8-16(15)20(17(19)21)11-14-6-4-5-13(9-14)10-18/h2-9H,10-12,18H2,1H3. The lowest BCUT2D eigenvalue weighted by molar-refractivity contribution is 0.210. The van der Waals surface area contributed by atoms with E-state index < -0.39 is 0 Å². The van der Waals surface area contributed by atoms with E-state index in [1.165, 1.54) is 5.56 Å². The van der Waals surface area contributed by atoms with Crippen LogP contribution in [0.5, 0.6) is 0 Å². The molecule has 3 rings (SSSR count). The zero-order valence-electron chi connectivity index (χ0n) is 12.1. The molecular weight excluding hydrogens is 262 g/mol. The lowest BCUT2D eigenvalue weighted by atomic mass is 10.1. The topological polar surface area (TPSA) is 49.6 Å². The summed E-state index contributed by atoms with van der Waals surface area (Å²) in [5.41, 5.74) is 10.0. The van der Waals surface area contributed by atoms with Gasteiger partial charge in [0.1, 0.15) is 0 Å². The van der Waals surface area contributed by atoms with Gasteiger partial charge in [-0.25, -0.2) is 4.79 Å². The number of para-hydroxylation sites is 1. The van der Waals surface area contributed by atoms with Crippen molar-refractivity contribution < 1.29 is 4.79 Å². The summed E-state index contributed by atoms with van der Waals surface area (Å²) in [5, 5.41) is 0. The van der Waals surface area contributed by atoms with E-state index in [4.69, 9.17) is 5.73 Å². The minimum absolute atomic E-state index is 0.0341. The van der Waals surface area contributed by atoms with Crippen LogP contribution in [0.2, 0.25) is 0 Å². The molecule has 0 saturated carbocycles. The van der Waals surface area contributed by atoms with Gasteiger partial charge in [-0.2, -0.15) is 0 Å². The highest BCUT2D eigenvalue weighted by atomic mass is 16.2. The van der Waals surface area contributed by atoms with Crippen molar-refractivity contribution in [3.8, 4) is 0 Å². The molecule has 0 atom stereocenters. The van der Waals surface area contributed by atoms with Gasteiger partial charge in [-0.3, -0.25) is 4.90 Å². The molecular formula is C17H19N3O. The molecule has 0 fully saturated rings. The van der Waals surface area contributed by atoms with Crippen molar-refractivity contribution in [1.82, 2.24) is 4.90 Å². The Labute approximate surface area is 124 Å². The highest BCUT2D eigenvalue weighted by Gasteiger charge is 2.27. The van der Waals surface area contributed by atoms with E-state index in [1.54, 1.807) is 4.90 Å². The fourth-order valence-corrected chi connectivity index (χ4v) is 2.73. The Balaban J connectivity index is 1.94. The Morgan fingerprint density at radius 3 is 2.67 bits per heavy atom. The zero-order chi connectivity index (χ0) is 14.8. The first-order chi connectivity index (χ1) is 10.2. The van der Waals surface area contributed by atoms with E-state index in [0.717, 1.165) is 16.8 Å². The van der Waals surface area contributed by atoms with Crippen molar-refractivity contribution in [3.05, 3.63) is 65.2 Å². The van der Waals surface area contributed by atoms with Gasteiger partial charge in [-0.05, 0) is 22.8 Å². The Kier molecular flexibility index (Phi) is 3.62. The van der Waals surface area contributed by atoms with Crippen molar-refractivity contribution in [1.29, 1.82) is 0 Å². The highest BCUT2D eigenvalue weighted by Crippen LogP contribution is 2.29. The number of urea groups is 1. The van der Waals surface area contributed by atoms with Crippen LogP contribution in [-0.4, -0.2) is 18.0 Å². The van der Waals surface area contributed by atoms with Crippen molar-refractivity contribution in [3.63, 3.8) is 0 Å². The Morgan fingerprint density at radius 1 is 1.10 bits per heavy atom. The smallest absolute Gasteiger partial charge is 0.324 e. The fraction of sp³-hybridized carbons (Fsp3) is 0.235. The highest BCUT2D eigenvalue weighted by molar-refractivity contribution is 5.94. The molecule has 0 aliphatic carbocycles. The van der Waals surface area contributed by atoms with Crippen LogP contribution in [0.1, 0.15) is 16.7 Å². The summed E-state index contributed by atoms with van der Waals surface area (Å²) in [4.78, 5) is 16.0.